The third-order valence-corrected chi connectivity index (χ3v) is 2.93. The van der Waals surface area contributed by atoms with Gasteiger partial charge in [-0.3, -0.25) is 10.1 Å². The maximum atomic E-state index is 11.3. The predicted octanol–water partition coefficient (Wildman–Crippen LogP) is 2.18. The van der Waals surface area contributed by atoms with Crippen LogP contribution in [-0.2, 0) is 9.53 Å². The van der Waals surface area contributed by atoms with Crippen LogP contribution in [0.4, 0.5) is 0 Å². The highest BCUT2D eigenvalue weighted by Crippen LogP contribution is 2.25. The Morgan fingerprint density at radius 3 is 2.35 bits per heavy atom. The molecule has 0 aromatic rings. The number of carboxylic acid groups (broad SMARTS) is 1. The van der Waals surface area contributed by atoms with Crippen LogP contribution in [0.25, 0.3) is 0 Å². The number of carboxylic acids is 1. The van der Waals surface area contributed by atoms with Gasteiger partial charge in [0.2, 0.25) is 0 Å². The van der Waals surface area contributed by atoms with Crippen molar-refractivity contribution in [2.24, 2.45) is 0 Å². The molecule has 4 nitrogen and oxygen atoms in total. The number of rotatable bonds is 7. The van der Waals surface area contributed by atoms with Gasteiger partial charge in [0.15, 0.2) is 0 Å². The lowest BCUT2D eigenvalue weighted by Gasteiger charge is -2.27. The predicted molar refractivity (Wildman–Crippen MR) is 67.1 cm³/mol. The highest BCUT2D eigenvalue weighted by molar-refractivity contribution is 5.78. The van der Waals surface area contributed by atoms with E-state index in [1.54, 1.807) is 6.92 Å². The van der Waals surface area contributed by atoms with Crippen LogP contribution in [0.2, 0.25) is 0 Å². The van der Waals surface area contributed by atoms with Crippen molar-refractivity contribution in [3.05, 3.63) is 0 Å². The summed E-state index contributed by atoms with van der Waals surface area (Å²) in [5.41, 5.74) is -0.952. The molecule has 0 heterocycles. The Hall–Kier alpha value is -0.610. The number of carbonyl (C=O) groups is 1. The topological polar surface area (TPSA) is 58.6 Å². The molecule has 4 heteroatoms. The molecule has 0 aliphatic heterocycles. The summed E-state index contributed by atoms with van der Waals surface area (Å²) >= 11 is 0. The van der Waals surface area contributed by atoms with Crippen molar-refractivity contribution in [3.63, 3.8) is 0 Å². The summed E-state index contributed by atoms with van der Waals surface area (Å²) in [4.78, 5) is 11.3. The summed E-state index contributed by atoms with van der Waals surface area (Å²) in [6, 6.07) is 0.402. The lowest BCUT2D eigenvalue weighted by molar-refractivity contribution is -0.144. The third-order valence-electron chi connectivity index (χ3n) is 2.93. The van der Waals surface area contributed by atoms with Crippen molar-refractivity contribution in [2.45, 2.75) is 70.6 Å². The first-order valence-corrected chi connectivity index (χ1v) is 6.38. The van der Waals surface area contributed by atoms with Gasteiger partial charge in [-0.2, -0.15) is 0 Å². The quantitative estimate of drug-likeness (QED) is 0.673. The smallest absolute Gasteiger partial charge is 0.323 e. The van der Waals surface area contributed by atoms with E-state index in [0.717, 1.165) is 19.3 Å². The highest BCUT2D eigenvalue weighted by atomic mass is 16.5. The van der Waals surface area contributed by atoms with E-state index in [-0.39, 0.29) is 5.60 Å². The fourth-order valence-electron chi connectivity index (χ4n) is 1.72. The second kappa shape index (κ2) is 5.36. The van der Waals surface area contributed by atoms with Crippen LogP contribution in [0.1, 0.15) is 53.4 Å². The van der Waals surface area contributed by atoms with E-state index in [2.05, 4.69) is 5.32 Å². The van der Waals surface area contributed by atoms with Crippen LogP contribution in [0.15, 0.2) is 0 Å². The zero-order valence-corrected chi connectivity index (χ0v) is 11.4. The van der Waals surface area contributed by atoms with Gasteiger partial charge in [0.25, 0.3) is 0 Å². The molecular formula is C13H25NO3. The fourth-order valence-corrected chi connectivity index (χ4v) is 1.72. The maximum absolute atomic E-state index is 11.3. The van der Waals surface area contributed by atoms with Crippen molar-refractivity contribution < 1.29 is 14.6 Å². The van der Waals surface area contributed by atoms with Crippen LogP contribution in [0.3, 0.4) is 0 Å². The van der Waals surface area contributed by atoms with Crippen LogP contribution in [0.5, 0.6) is 0 Å². The molecule has 100 valence electrons. The molecule has 0 spiro atoms. The highest BCUT2D eigenvalue weighted by Gasteiger charge is 2.37. The number of hydrogen-bond donors (Lipinski definition) is 2. The molecule has 1 aliphatic carbocycles. The van der Waals surface area contributed by atoms with Gasteiger partial charge in [-0.05, 0) is 53.4 Å². The van der Waals surface area contributed by atoms with Gasteiger partial charge in [0.1, 0.15) is 5.54 Å². The van der Waals surface area contributed by atoms with Gasteiger partial charge in [-0.1, -0.05) is 0 Å². The number of hydrogen-bond acceptors (Lipinski definition) is 3. The lowest BCUT2D eigenvalue weighted by Crippen LogP contribution is -2.50. The van der Waals surface area contributed by atoms with Gasteiger partial charge >= 0.3 is 5.97 Å². The molecule has 0 aromatic heterocycles. The molecule has 0 amide bonds. The minimum absolute atomic E-state index is 0.149. The van der Waals surface area contributed by atoms with Crippen LogP contribution in [-0.4, -0.2) is 34.9 Å². The zero-order valence-electron chi connectivity index (χ0n) is 11.4. The maximum Gasteiger partial charge on any atom is 0.323 e. The molecule has 1 rings (SSSR count). The average Bonchev–Trinajstić information content (AvgIpc) is 2.94. The van der Waals surface area contributed by atoms with Crippen molar-refractivity contribution >= 4 is 5.97 Å². The Morgan fingerprint density at radius 2 is 1.94 bits per heavy atom. The van der Waals surface area contributed by atoms with Crippen molar-refractivity contribution in [1.29, 1.82) is 0 Å². The normalized spacial score (nSPS) is 20.0. The summed E-state index contributed by atoms with van der Waals surface area (Å²) in [6.45, 7) is 8.40. The molecule has 1 atom stereocenters. The Labute approximate surface area is 104 Å². The second-order valence-electron chi connectivity index (χ2n) is 6.12. The zero-order chi connectivity index (χ0) is 13.1. The molecule has 17 heavy (non-hydrogen) atoms. The largest absolute Gasteiger partial charge is 0.480 e. The number of nitrogens with one attached hydrogen (secondary N) is 1. The number of ether oxygens (including phenoxy) is 1. The van der Waals surface area contributed by atoms with Crippen LogP contribution in [0, 0.1) is 0 Å². The Morgan fingerprint density at radius 1 is 1.35 bits per heavy atom. The Balaban J connectivity index is 2.31. The summed E-state index contributed by atoms with van der Waals surface area (Å²) in [6.07, 6.45) is 3.57. The molecule has 1 aliphatic rings. The van der Waals surface area contributed by atoms with E-state index in [4.69, 9.17) is 4.74 Å². The van der Waals surface area contributed by atoms with Gasteiger partial charge < -0.3 is 9.84 Å². The van der Waals surface area contributed by atoms with Crippen molar-refractivity contribution in [2.75, 3.05) is 6.61 Å². The van der Waals surface area contributed by atoms with Gasteiger partial charge in [0.05, 0.1) is 5.60 Å². The van der Waals surface area contributed by atoms with Gasteiger partial charge in [0, 0.05) is 12.6 Å². The van der Waals surface area contributed by atoms with Crippen LogP contribution < -0.4 is 5.32 Å². The first-order chi connectivity index (χ1) is 7.73. The fraction of sp³-hybridized carbons (Fsp3) is 0.923. The molecular weight excluding hydrogens is 218 g/mol. The monoisotopic (exact) mass is 243 g/mol. The lowest BCUT2D eigenvalue weighted by atomic mass is 9.96. The minimum atomic E-state index is -0.803. The molecule has 0 aromatic carbocycles. The Bertz CT molecular complexity index is 268. The average molecular weight is 243 g/mol. The first-order valence-electron chi connectivity index (χ1n) is 6.38. The first kappa shape index (κ1) is 14.5. The molecule has 0 radical (unpaired) electrons. The molecule has 1 unspecified atom stereocenters. The van der Waals surface area contributed by atoms with E-state index in [1.807, 2.05) is 20.8 Å². The van der Waals surface area contributed by atoms with E-state index in [9.17, 15) is 9.90 Å². The van der Waals surface area contributed by atoms with Gasteiger partial charge in [-0.15, -0.1) is 0 Å². The molecule has 2 N–H and O–H groups in total. The molecule has 1 fully saturated rings. The molecule has 0 bridgehead atoms. The van der Waals surface area contributed by atoms with E-state index >= 15 is 0 Å². The van der Waals surface area contributed by atoms with Crippen molar-refractivity contribution in [1.82, 2.24) is 5.32 Å². The van der Waals surface area contributed by atoms with E-state index in [0.29, 0.717) is 19.1 Å². The van der Waals surface area contributed by atoms with E-state index < -0.39 is 11.5 Å². The Kier molecular flexibility index (Phi) is 4.55. The molecule has 0 saturated heterocycles. The van der Waals surface area contributed by atoms with Crippen LogP contribution >= 0.6 is 0 Å². The summed E-state index contributed by atoms with van der Waals surface area (Å²) in [5, 5.41) is 12.5. The SMILES string of the molecule is CC(C)(C)OCCCC(C)(NC1CC1)C(=O)O. The van der Waals surface area contributed by atoms with Gasteiger partial charge in [-0.25, -0.2) is 0 Å². The molecule has 1 saturated carbocycles. The third kappa shape index (κ3) is 5.50. The summed E-state index contributed by atoms with van der Waals surface area (Å²) < 4.78 is 5.60. The summed E-state index contributed by atoms with van der Waals surface area (Å²) in [5.74, 6) is -0.764. The number of aliphatic carboxylic acids is 1. The summed E-state index contributed by atoms with van der Waals surface area (Å²) in [7, 11) is 0. The standard InChI is InChI=1S/C13H25NO3/c1-12(2,3)17-9-5-8-13(4,11(15)16)14-10-6-7-10/h10,14H,5-9H2,1-4H3,(H,15,16). The minimum Gasteiger partial charge on any atom is -0.480 e. The van der Waals surface area contributed by atoms with Crippen molar-refractivity contribution in [3.8, 4) is 0 Å². The van der Waals surface area contributed by atoms with E-state index in [1.165, 1.54) is 0 Å². The second-order valence-corrected chi connectivity index (χ2v) is 6.12.